The summed E-state index contributed by atoms with van der Waals surface area (Å²) in [5, 5.41) is 0. The van der Waals surface area contributed by atoms with Crippen LogP contribution in [0.3, 0.4) is 0 Å². The van der Waals surface area contributed by atoms with Crippen molar-refractivity contribution in [1.82, 2.24) is 9.55 Å². The maximum Gasteiger partial charge on any atom is 0.172 e. The first-order chi connectivity index (χ1) is 5.52. The van der Waals surface area contributed by atoms with Crippen LogP contribution in [-0.2, 0) is 0 Å². The van der Waals surface area contributed by atoms with Gasteiger partial charge in [-0.25, -0.2) is 9.37 Å². The number of aromatic nitrogens is 2. The molecule has 0 radical (unpaired) electrons. The molecule has 1 heterocycles. The molecular formula is C9H11FN2. The Bertz CT molecular complexity index is 305. The standard InChI is InChI=1S/C9H11FN2/c1-6(2)12-5-7(3)11-9(12)8(4)10/h5H,1,4H2,2-3H3. The lowest BCUT2D eigenvalue weighted by molar-refractivity contribution is 0.740. The van der Waals surface area contributed by atoms with Gasteiger partial charge >= 0.3 is 0 Å². The van der Waals surface area contributed by atoms with Crippen molar-refractivity contribution in [2.24, 2.45) is 0 Å². The van der Waals surface area contributed by atoms with Crippen molar-refractivity contribution in [2.75, 3.05) is 0 Å². The number of aryl methyl sites for hydroxylation is 1. The van der Waals surface area contributed by atoms with Gasteiger partial charge < -0.3 is 4.57 Å². The summed E-state index contributed by atoms with van der Waals surface area (Å²) in [7, 11) is 0. The number of nitrogens with zero attached hydrogens (tertiary/aromatic N) is 2. The lowest BCUT2D eigenvalue weighted by atomic mass is 10.5. The van der Waals surface area contributed by atoms with Gasteiger partial charge in [-0.2, -0.15) is 0 Å². The highest BCUT2D eigenvalue weighted by atomic mass is 19.1. The minimum absolute atomic E-state index is 0.236. The molecule has 0 aliphatic carbocycles. The molecule has 1 aromatic rings. The fourth-order valence-corrected chi connectivity index (χ4v) is 0.980. The number of hydrogen-bond donors (Lipinski definition) is 0. The molecular weight excluding hydrogens is 155 g/mol. The zero-order valence-corrected chi connectivity index (χ0v) is 7.26. The second-order valence-electron chi connectivity index (χ2n) is 2.72. The van der Waals surface area contributed by atoms with Crippen LogP contribution in [0.15, 0.2) is 19.4 Å². The van der Waals surface area contributed by atoms with Crippen LogP contribution in [-0.4, -0.2) is 9.55 Å². The molecule has 0 aliphatic rings. The van der Waals surface area contributed by atoms with E-state index in [2.05, 4.69) is 18.1 Å². The molecule has 2 nitrogen and oxygen atoms in total. The third kappa shape index (κ3) is 1.44. The third-order valence-electron chi connectivity index (χ3n) is 1.48. The number of imidazole rings is 1. The molecule has 0 N–H and O–H groups in total. The van der Waals surface area contributed by atoms with E-state index in [0.717, 1.165) is 11.4 Å². The second-order valence-corrected chi connectivity index (χ2v) is 2.72. The van der Waals surface area contributed by atoms with E-state index in [1.54, 1.807) is 24.6 Å². The van der Waals surface area contributed by atoms with Gasteiger partial charge in [-0.1, -0.05) is 13.2 Å². The molecule has 0 bridgehead atoms. The molecule has 0 atom stereocenters. The molecule has 0 unspecified atom stereocenters. The normalized spacial score (nSPS) is 9.92. The average molecular weight is 166 g/mol. The van der Waals surface area contributed by atoms with Gasteiger partial charge in [-0.05, 0) is 13.8 Å². The van der Waals surface area contributed by atoms with Gasteiger partial charge in [0.05, 0.1) is 5.69 Å². The summed E-state index contributed by atoms with van der Waals surface area (Å²) in [6, 6.07) is 0. The quantitative estimate of drug-likeness (QED) is 0.660. The van der Waals surface area contributed by atoms with E-state index in [1.807, 2.05) is 0 Å². The van der Waals surface area contributed by atoms with Crippen molar-refractivity contribution in [3.05, 3.63) is 30.9 Å². The summed E-state index contributed by atoms with van der Waals surface area (Å²) in [5.74, 6) is -0.300. The Hall–Kier alpha value is -1.38. The predicted octanol–water partition coefficient (Wildman–Crippen LogP) is 2.62. The topological polar surface area (TPSA) is 17.8 Å². The monoisotopic (exact) mass is 166 g/mol. The molecule has 0 saturated heterocycles. The molecule has 0 aromatic carbocycles. The Kier molecular flexibility index (Phi) is 2.13. The molecule has 0 fully saturated rings. The highest BCUT2D eigenvalue weighted by Gasteiger charge is 2.08. The first-order valence-corrected chi connectivity index (χ1v) is 3.59. The Morgan fingerprint density at radius 2 is 2.17 bits per heavy atom. The lowest BCUT2D eigenvalue weighted by Gasteiger charge is -2.02. The van der Waals surface area contributed by atoms with Crippen LogP contribution in [0.5, 0.6) is 0 Å². The van der Waals surface area contributed by atoms with Crippen molar-refractivity contribution in [1.29, 1.82) is 0 Å². The zero-order valence-electron chi connectivity index (χ0n) is 7.26. The second kappa shape index (κ2) is 2.93. The first-order valence-electron chi connectivity index (χ1n) is 3.59. The molecule has 12 heavy (non-hydrogen) atoms. The van der Waals surface area contributed by atoms with E-state index in [0.29, 0.717) is 0 Å². The van der Waals surface area contributed by atoms with Crippen molar-refractivity contribution in [3.63, 3.8) is 0 Å². The van der Waals surface area contributed by atoms with Crippen LogP contribution < -0.4 is 0 Å². The van der Waals surface area contributed by atoms with E-state index < -0.39 is 5.83 Å². The molecule has 0 amide bonds. The van der Waals surface area contributed by atoms with Crippen LogP contribution in [0.2, 0.25) is 0 Å². The largest absolute Gasteiger partial charge is 0.302 e. The van der Waals surface area contributed by atoms with E-state index >= 15 is 0 Å². The summed E-state index contributed by atoms with van der Waals surface area (Å²) in [6.07, 6.45) is 1.72. The SMILES string of the molecule is C=C(F)c1nc(C)cn1C(=C)C. The minimum atomic E-state index is -0.536. The number of halogens is 1. The first kappa shape index (κ1) is 8.71. The summed E-state index contributed by atoms with van der Waals surface area (Å²) in [4.78, 5) is 3.96. The summed E-state index contributed by atoms with van der Waals surface area (Å²) in [6.45, 7) is 10.5. The molecule has 3 heteroatoms. The Morgan fingerprint density at radius 3 is 2.50 bits per heavy atom. The van der Waals surface area contributed by atoms with Crippen LogP contribution in [0, 0.1) is 6.92 Å². The van der Waals surface area contributed by atoms with Crippen molar-refractivity contribution in [2.45, 2.75) is 13.8 Å². The molecule has 1 rings (SSSR count). The van der Waals surface area contributed by atoms with Crippen molar-refractivity contribution in [3.8, 4) is 0 Å². The molecule has 0 saturated carbocycles. The summed E-state index contributed by atoms with van der Waals surface area (Å²) in [5.41, 5.74) is 1.48. The van der Waals surface area contributed by atoms with Crippen LogP contribution in [0.4, 0.5) is 4.39 Å². The van der Waals surface area contributed by atoms with Crippen LogP contribution in [0.1, 0.15) is 18.4 Å². The van der Waals surface area contributed by atoms with Gasteiger partial charge in [-0.3, -0.25) is 0 Å². The molecule has 0 aliphatic heterocycles. The van der Waals surface area contributed by atoms with Crippen LogP contribution >= 0.6 is 0 Å². The zero-order chi connectivity index (χ0) is 9.30. The van der Waals surface area contributed by atoms with Crippen LogP contribution in [0.25, 0.3) is 11.5 Å². The van der Waals surface area contributed by atoms with E-state index in [1.165, 1.54) is 0 Å². The minimum Gasteiger partial charge on any atom is -0.302 e. The lowest BCUT2D eigenvalue weighted by Crippen LogP contribution is -1.95. The smallest absolute Gasteiger partial charge is 0.172 e. The van der Waals surface area contributed by atoms with E-state index in [9.17, 15) is 4.39 Å². The van der Waals surface area contributed by atoms with Gasteiger partial charge in [0.25, 0.3) is 0 Å². The predicted molar refractivity (Wildman–Crippen MR) is 48.1 cm³/mol. The molecule has 1 aromatic heterocycles. The van der Waals surface area contributed by atoms with Gasteiger partial charge in [0.2, 0.25) is 0 Å². The van der Waals surface area contributed by atoms with Gasteiger partial charge in [-0.15, -0.1) is 0 Å². The highest BCUT2D eigenvalue weighted by Crippen LogP contribution is 2.16. The van der Waals surface area contributed by atoms with E-state index in [-0.39, 0.29) is 5.82 Å². The maximum atomic E-state index is 12.7. The van der Waals surface area contributed by atoms with Crippen molar-refractivity contribution < 1.29 is 4.39 Å². The summed E-state index contributed by atoms with van der Waals surface area (Å²) < 4.78 is 14.3. The fourth-order valence-electron chi connectivity index (χ4n) is 0.980. The molecule has 0 spiro atoms. The van der Waals surface area contributed by atoms with Gasteiger partial charge in [0.1, 0.15) is 0 Å². The summed E-state index contributed by atoms with van der Waals surface area (Å²) >= 11 is 0. The average Bonchev–Trinajstić information content (AvgIpc) is 2.31. The third-order valence-corrected chi connectivity index (χ3v) is 1.48. The highest BCUT2D eigenvalue weighted by molar-refractivity contribution is 5.55. The fraction of sp³-hybridized carbons (Fsp3) is 0.222. The Balaban J connectivity index is 3.26. The van der Waals surface area contributed by atoms with Gasteiger partial charge in [0.15, 0.2) is 11.7 Å². The number of hydrogen-bond acceptors (Lipinski definition) is 1. The maximum absolute atomic E-state index is 12.7. The van der Waals surface area contributed by atoms with Crippen molar-refractivity contribution >= 4 is 11.5 Å². The number of allylic oxidation sites excluding steroid dienone is 1. The Morgan fingerprint density at radius 1 is 1.58 bits per heavy atom. The van der Waals surface area contributed by atoms with Gasteiger partial charge in [0, 0.05) is 11.9 Å². The van der Waals surface area contributed by atoms with E-state index in [4.69, 9.17) is 0 Å². The molecule has 64 valence electrons. The number of rotatable bonds is 2. The Labute approximate surface area is 71.0 Å².